The van der Waals surface area contributed by atoms with Gasteiger partial charge in [-0.2, -0.15) is 0 Å². The zero-order valence-corrected chi connectivity index (χ0v) is 26.8. The maximum atomic E-state index is 11.8. The quantitative estimate of drug-likeness (QED) is 0.113. The van der Waals surface area contributed by atoms with Crippen LogP contribution in [0.2, 0.25) is 0 Å². The summed E-state index contributed by atoms with van der Waals surface area (Å²) in [5, 5.41) is 0. The van der Waals surface area contributed by atoms with Crippen LogP contribution in [-0.4, -0.2) is 46.7 Å². The van der Waals surface area contributed by atoms with E-state index in [4.69, 9.17) is 23.7 Å². The highest BCUT2D eigenvalue weighted by Gasteiger charge is 2.27. The molecule has 1 unspecified atom stereocenters. The number of ether oxygens (including phenoxy) is 5. The van der Waals surface area contributed by atoms with Gasteiger partial charge in [-0.05, 0) is 85.0 Å². The number of hydrogen-bond acceptors (Lipinski definition) is 8. The Balaban J connectivity index is 1.37. The molecule has 0 radical (unpaired) electrons. The average Bonchev–Trinajstić information content (AvgIpc) is 3.40. The summed E-state index contributed by atoms with van der Waals surface area (Å²) in [5.41, 5.74) is 5.87. The van der Waals surface area contributed by atoms with Gasteiger partial charge in [-0.1, -0.05) is 30.3 Å². The van der Waals surface area contributed by atoms with Gasteiger partial charge in [0.1, 0.15) is 45.2 Å². The maximum Gasteiger partial charge on any atom is 0.306 e. The molecule has 0 fully saturated rings. The summed E-state index contributed by atoms with van der Waals surface area (Å²) in [6.07, 6.45) is 1.94. The molecule has 0 spiro atoms. The largest absolute Gasteiger partial charge is 0.494 e. The maximum absolute atomic E-state index is 11.8. The van der Waals surface area contributed by atoms with E-state index >= 15 is 0 Å². The van der Waals surface area contributed by atoms with E-state index in [1.54, 1.807) is 0 Å². The second-order valence-electron chi connectivity index (χ2n) is 11.3. The number of carbonyl (C=O) groups is 1. The summed E-state index contributed by atoms with van der Waals surface area (Å²) < 4.78 is 52.0. The summed E-state index contributed by atoms with van der Waals surface area (Å²) in [5.74, 6) is 3.32. The van der Waals surface area contributed by atoms with Gasteiger partial charge in [0.2, 0.25) is 0 Å². The van der Waals surface area contributed by atoms with Gasteiger partial charge in [0.05, 0.1) is 32.5 Å². The molecule has 0 saturated heterocycles. The van der Waals surface area contributed by atoms with Gasteiger partial charge in [0, 0.05) is 29.4 Å². The van der Waals surface area contributed by atoms with Crippen LogP contribution in [-0.2, 0) is 26.0 Å². The summed E-state index contributed by atoms with van der Waals surface area (Å²) in [6, 6.07) is 25.3. The molecule has 1 heterocycles. The SMILES string of the molecule is COC(=O)CC1COc2cc(OCc3ccc(Oc4ccccc4)c(-c4c(C)cc(OCCCS(C)(=O)=O)cc4C)c3)ccc21. The molecule has 4 aromatic carbocycles. The molecule has 1 aliphatic rings. The first-order valence-electron chi connectivity index (χ1n) is 14.8. The van der Waals surface area contributed by atoms with Gasteiger partial charge in [0.25, 0.3) is 0 Å². The summed E-state index contributed by atoms with van der Waals surface area (Å²) in [6.45, 7) is 5.13. The highest BCUT2D eigenvalue weighted by Crippen LogP contribution is 2.41. The molecule has 1 atom stereocenters. The lowest BCUT2D eigenvalue weighted by atomic mass is 9.93. The Labute approximate surface area is 264 Å². The fraction of sp³-hybridized carbons (Fsp3) is 0.306. The molecule has 0 aliphatic carbocycles. The molecule has 9 heteroatoms. The van der Waals surface area contributed by atoms with E-state index in [1.807, 2.05) is 86.6 Å². The lowest BCUT2D eigenvalue weighted by molar-refractivity contribution is -0.141. The van der Waals surface area contributed by atoms with Gasteiger partial charge in [-0.15, -0.1) is 0 Å². The molecule has 8 nitrogen and oxygen atoms in total. The van der Waals surface area contributed by atoms with Crippen LogP contribution in [0.5, 0.6) is 28.7 Å². The molecular formula is C36H38O8S. The number of rotatable bonds is 13. The molecule has 0 aromatic heterocycles. The number of carbonyl (C=O) groups excluding carboxylic acids is 1. The Kier molecular flexibility index (Phi) is 9.98. The minimum Gasteiger partial charge on any atom is -0.494 e. The standard InChI is InChI=1S/C36H38O8S/c1-24-17-30(41-15-8-16-45(4,38)39)18-25(2)36(24)32-19-26(11-14-33(32)44-28-9-6-5-7-10-28)22-42-29-12-13-31-27(20-35(37)40-3)23-43-34(31)21-29/h5-7,9-14,17-19,21,27H,8,15-16,20,22-23H2,1-4H3. The van der Waals surface area contributed by atoms with Gasteiger partial charge >= 0.3 is 5.97 Å². The smallest absolute Gasteiger partial charge is 0.306 e. The molecule has 5 rings (SSSR count). The summed E-state index contributed by atoms with van der Waals surface area (Å²) in [4.78, 5) is 11.8. The van der Waals surface area contributed by atoms with E-state index in [2.05, 4.69) is 6.07 Å². The van der Waals surface area contributed by atoms with Gasteiger partial charge in [-0.25, -0.2) is 8.42 Å². The van der Waals surface area contributed by atoms with Gasteiger partial charge in [0.15, 0.2) is 0 Å². The van der Waals surface area contributed by atoms with Crippen LogP contribution >= 0.6 is 0 Å². The van der Waals surface area contributed by atoms with E-state index in [-0.39, 0.29) is 24.1 Å². The zero-order valence-electron chi connectivity index (χ0n) is 26.0. The monoisotopic (exact) mass is 630 g/mol. The first-order valence-corrected chi connectivity index (χ1v) is 16.9. The minimum absolute atomic E-state index is 0.0306. The second-order valence-corrected chi connectivity index (χ2v) is 13.5. The van der Waals surface area contributed by atoms with Crippen molar-refractivity contribution >= 4 is 15.8 Å². The Morgan fingerprint density at radius 1 is 0.889 bits per heavy atom. The molecule has 0 N–H and O–H groups in total. The van der Waals surface area contributed by atoms with Crippen molar-refractivity contribution in [3.05, 3.63) is 101 Å². The number of fused-ring (bicyclic) bond motifs is 1. The first-order chi connectivity index (χ1) is 21.6. The minimum atomic E-state index is -3.03. The topological polar surface area (TPSA) is 97.4 Å². The normalized spacial score (nSPS) is 13.9. The molecule has 45 heavy (non-hydrogen) atoms. The lowest BCUT2D eigenvalue weighted by Crippen LogP contribution is -2.09. The number of methoxy groups -OCH3 is 1. The second kappa shape index (κ2) is 14.1. The number of esters is 1. The number of para-hydroxylation sites is 1. The van der Waals surface area contributed by atoms with Gasteiger partial charge in [-0.3, -0.25) is 4.79 Å². The van der Waals surface area contributed by atoms with Crippen molar-refractivity contribution in [1.29, 1.82) is 0 Å². The van der Waals surface area contributed by atoms with Crippen LogP contribution in [0.4, 0.5) is 0 Å². The van der Waals surface area contributed by atoms with Crippen LogP contribution in [0.1, 0.15) is 41.0 Å². The van der Waals surface area contributed by atoms with E-state index in [0.717, 1.165) is 44.9 Å². The summed E-state index contributed by atoms with van der Waals surface area (Å²) >= 11 is 0. The fourth-order valence-electron chi connectivity index (χ4n) is 5.48. The van der Waals surface area contributed by atoms with Crippen molar-refractivity contribution < 1.29 is 36.9 Å². The number of benzene rings is 4. The van der Waals surface area contributed by atoms with Crippen molar-refractivity contribution in [3.8, 4) is 39.9 Å². The average molecular weight is 631 g/mol. The van der Waals surface area contributed by atoms with Crippen molar-refractivity contribution in [2.75, 3.05) is 32.3 Å². The van der Waals surface area contributed by atoms with E-state index in [9.17, 15) is 13.2 Å². The highest BCUT2D eigenvalue weighted by molar-refractivity contribution is 7.90. The van der Waals surface area contributed by atoms with Gasteiger partial charge < -0.3 is 23.7 Å². The van der Waals surface area contributed by atoms with Crippen molar-refractivity contribution in [2.45, 2.75) is 39.2 Å². The summed E-state index contributed by atoms with van der Waals surface area (Å²) in [7, 11) is -1.64. The Hall–Kier alpha value is -4.50. The number of sulfone groups is 1. The Morgan fingerprint density at radius 2 is 1.64 bits per heavy atom. The van der Waals surface area contributed by atoms with Crippen LogP contribution in [0.15, 0.2) is 78.9 Å². The molecule has 0 bridgehead atoms. The Morgan fingerprint density at radius 3 is 2.36 bits per heavy atom. The predicted molar refractivity (Wildman–Crippen MR) is 173 cm³/mol. The Bertz CT molecular complexity index is 1740. The number of aryl methyl sites for hydroxylation is 2. The number of hydrogen-bond donors (Lipinski definition) is 0. The third kappa shape index (κ3) is 8.36. The van der Waals surface area contributed by atoms with Crippen LogP contribution in [0, 0.1) is 13.8 Å². The highest BCUT2D eigenvalue weighted by atomic mass is 32.2. The molecular weight excluding hydrogens is 592 g/mol. The molecule has 0 amide bonds. The zero-order chi connectivity index (χ0) is 32.0. The van der Waals surface area contributed by atoms with Crippen LogP contribution < -0.4 is 18.9 Å². The molecule has 236 valence electrons. The third-order valence-corrected chi connectivity index (χ3v) is 8.66. The third-order valence-electron chi connectivity index (χ3n) is 7.63. The van der Waals surface area contributed by atoms with E-state index < -0.39 is 9.84 Å². The predicted octanol–water partition coefficient (Wildman–Crippen LogP) is 7.19. The van der Waals surface area contributed by atoms with Crippen LogP contribution in [0.25, 0.3) is 11.1 Å². The molecule has 4 aromatic rings. The van der Waals surface area contributed by atoms with Crippen molar-refractivity contribution in [3.63, 3.8) is 0 Å². The molecule has 0 saturated carbocycles. The van der Waals surface area contributed by atoms with Crippen molar-refractivity contribution in [2.24, 2.45) is 0 Å². The van der Waals surface area contributed by atoms with E-state index in [0.29, 0.717) is 43.5 Å². The molecule has 1 aliphatic heterocycles. The lowest BCUT2D eigenvalue weighted by Gasteiger charge is -2.18. The first kappa shape index (κ1) is 31.9. The van der Waals surface area contributed by atoms with Crippen LogP contribution in [0.3, 0.4) is 0 Å². The fourth-order valence-corrected chi connectivity index (χ4v) is 6.12. The van der Waals surface area contributed by atoms with Crippen molar-refractivity contribution in [1.82, 2.24) is 0 Å². The van der Waals surface area contributed by atoms with E-state index in [1.165, 1.54) is 13.4 Å².